The SMILES string of the molecule is COC(=O)c1ccccc1NC(=O)c1ccc(N)o1. The number of nitrogens with two attached hydrogens (primary N) is 1. The first-order valence-corrected chi connectivity index (χ1v) is 5.46. The normalized spacial score (nSPS) is 9.95. The van der Waals surface area contributed by atoms with E-state index in [1.54, 1.807) is 24.3 Å². The summed E-state index contributed by atoms with van der Waals surface area (Å²) in [5.74, 6) is -0.813. The Bertz CT molecular complexity index is 619. The summed E-state index contributed by atoms with van der Waals surface area (Å²) in [5, 5.41) is 2.57. The first-order chi connectivity index (χ1) is 9.11. The molecule has 0 atom stereocenters. The van der Waals surface area contributed by atoms with Crippen LogP contribution in [0.5, 0.6) is 0 Å². The van der Waals surface area contributed by atoms with Crippen molar-refractivity contribution in [3.63, 3.8) is 0 Å². The van der Waals surface area contributed by atoms with Gasteiger partial charge in [0.15, 0.2) is 11.6 Å². The molecule has 19 heavy (non-hydrogen) atoms. The Morgan fingerprint density at radius 1 is 1.21 bits per heavy atom. The number of amides is 1. The molecule has 2 rings (SSSR count). The van der Waals surface area contributed by atoms with Gasteiger partial charge < -0.3 is 20.2 Å². The first-order valence-electron chi connectivity index (χ1n) is 5.46. The highest BCUT2D eigenvalue weighted by molar-refractivity contribution is 6.06. The lowest BCUT2D eigenvalue weighted by atomic mass is 10.2. The van der Waals surface area contributed by atoms with Gasteiger partial charge in [-0.25, -0.2) is 4.79 Å². The number of carbonyl (C=O) groups is 2. The van der Waals surface area contributed by atoms with Crippen LogP contribution in [0.1, 0.15) is 20.9 Å². The number of para-hydroxylation sites is 1. The Morgan fingerprint density at radius 3 is 2.58 bits per heavy atom. The summed E-state index contributed by atoms with van der Waals surface area (Å²) >= 11 is 0. The van der Waals surface area contributed by atoms with Crippen molar-refractivity contribution in [3.8, 4) is 0 Å². The number of methoxy groups -OCH3 is 1. The quantitative estimate of drug-likeness (QED) is 0.822. The van der Waals surface area contributed by atoms with Crippen LogP contribution in [0, 0.1) is 0 Å². The minimum Gasteiger partial charge on any atom is -0.465 e. The highest BCUT2D eigenvalue weighted by Crippen LogP contribution is 2.18. The lowest BCUT2D eigenvalue weighted by Crippen LogP contribution is -2.14. The fourth-order valence-electron chi connectivity index (χ4n) is 1.54. The highest BCUT2D eigenvalue weighted by atomic mass is 16.5. The molecule has 0 spiro atoms. The molecule has 1 aromatic carbocycles. The lowest BCUT2D eigenvalue weighted by molar-refractivity contribution is 0.0602. The van der Waals surface area contributed by atoms with E-state index in [1.807, 2.05) is 0 Å². The minimum absolute atomic E-state index is 0.0668. The van der Waals surface area contributed by atoms with Gasteiger partial charge in [-0.2, -0.15) is 0 Å². The van der Waals surface area contributed by atoms with Gasteiger partial charge in [0.2, 0.25) is 0 Å². The topological polar surface area (TPSA) is 94.6 Å². The second-order valence-corrected chi connectivity index (χ2v) is 3.69. The zero-order valence-corrected chi connectivity index (χ0v) is 10.2. The molecule has 0 saturated heterocycles. The predicted molar refractivity (Wildman–Crippen MR) is 68.9 cm³/mol. The Hall–Kier alpha value is -2.76. The largest absolute Gasteiger partial charge is 0.465 e. The van der Waals surface area contributed by atoms with Crippen LogP contribution in [0.3, 0.4) is 0 Å². The van der Waals surface area contributed by atoms with Gasteiger partial charge in [0.05, 0.1) is 18.4 Å². The van der Waals surface area contributed by atoms with E-state index in [-0.39, 0.29) is 17.2 Å². The molecule has 2 aromatic rings. The van der Waals surface area contributed by atoms with Gasteiger partial charge in [0.1, 0.15) is 0 Å². The molecule has 0 aliphatic rings. The lowest BCUT2D eigenvalue weighted by Gasteiger charge is -2.08. The van der Waals surface area contributed by atoms with E-state index in [0.29, 0.717) is 5.69 Å². The monoisotopic (exact) mass is 260 g/mol. The summed E-state index contributed by atoms with van der Waals surface area (Å²) in [6, 6.07) is 9.44. The molecule has 6 heteroatoms. The van der Waals surface area contributed by atoms with Crippen molar-refractivity contribution >= 4 is 23.4 Å². The van der Waals surface area contributed by atoms with Gasteiger partial charge >= 0.3 is 5.97 Å². The molecule has 0 aliphatic carbocycles. The Balaban J connectivity index is 2.24. The summed E-state index contributed by atoms with van der Waals surface area (Å²) in [5.41, 5.74) is 5.99. The molecular formula is C13H12N2O4. The van der Waals surface area contributed by atoms with Crippen LogP contribution in [0.25, 0.3) is 0 Å². The molecule has 0 fully saturated rings. The number of nitrogens with one attached hydrogen (secondary N) is 1. The van der Waals surface area contributed by atoms with E-state index in [2.05, 4.69) is 10.1 Å². The second-order valence-electron chi connectivity index (χ2n) is 3.69. The predicted octanol–water partition coefficient (Wildman–Crippen LogP) is 1.90. The fourth-order valence-corrected chi connectivity index (χ4v) is 1.54. The molecular weight excluding hydrogens is 248 g/mol. The van der Waals surface area contributed by atoms with Crippen molar-refractivity contribution < 1.29 is 18.7 Å². The molecule has 6 nitrogen and oxygen atoms in total. The molecule has 0 aliphatic heterocycles. The van der Waals surface area contributed by atoms with Crippen molar-refractivity contribution in [1.29, 1.82) is 0 Å². The smallest absolute Gasteiger partial charge is 0.339 e. The third-order valence-corrected chi connectivity index (χ3v) is 2.43. The third kappa shape index (κ3) is 2.74. The van der Waals surface area contributed by atoms with Crippen LogP contribution in [-0.2, 0) is 4.74 Å². The van der Waals surface area contributed by atoms with Crippen LogP contribution >= 0.6 is 0 Å². The van der Waals surface area contributed by atoms with Crippen LogP contribution < -0.4 is 11.1 Å². The van der Waals surface area contributed by atoms with Crippen molar-refractivity contribution in [2.45, 2.75) is 0 Å². The van der Waals surface area contributed by atoms with Crippen LogP contribution in [0.2, 0.25) is 0 Å². The van der Waals surface area contributed by atoms with Gasteiger partial charge in [0, 0.05) is 6.07 Å². The number of anilines is 2. The number of benzene rings is 1. The number of nitrogen functional groups attached to an aromatic ring is 1. The standard InChI is InChI=1S/C13H12N2O4/c1-18-13(17)8-4-2-3-5-9(8)15-12(16)10-6-7-11(14)19-10/h2-7H,14H2,1H3,(H,15,16). The molecule has 0 saturated carbocycles. The van der Waals surface area contributed by atoms with Crippen LogP contribution in [-0.4, -0.2) is 19.0 Å². The highest BCUT2D eigenvalue weighted by Gasteiger charge is 2.16. The summed E-state index contributed by atoms with van der Waals surface area (Å²) < 4.78 is 9.63. The van der Waals surface area contributed by atoms with E-state index in [9.17, 15) is 9.59 Å². The van der Waals surface area contributed by atoms with Crippen LogP contribution in [0.15, 0.2) is 40.8 Å². The molecule has 0 bridgehead atoms. The van der Waals surface area contributed by atoms with Gasteiger partial charge in [-0.3, -0.25) is 4.79 Å². The summed E-state index contributed by atoms with van der Waals surface area (Å²) in [7, 11) is 1.27. The number of hydrogen-bond acceptors (Lipinski definition) is 5. The number of carbonyl (C=O) groups excluding carboxylic acids is 2. The molecule has 1 aromatic heterocycles. The average Bonchev–Trinajstić information content (AvgIpc) is 2.85. The molecule has 98 valence electrons. The Labute approximate surface area is 109 Å². The maximum atomic E-state index is 11.9. The molecule has 3 N–H and O–H groups in total. The van der Waals surface area contributed by atoms with Crippen molar-refractivity contribution in [1.82, 2.24) is 0 Å². The van der Waals surface area contributed by atoms with Gasteiger partial charge in [-0.1, -0.05) is 12.1 Å². The summed E-state index contributed by atoms with van der Waals surface area (Å²) in [4.78, 5) is 23.4. The number of hydrogen-bond donors (Lipinski definition) is 2. The maximum absolute atomic E-state index is 11.9. The van der Waals surface area contributed by atoms with E-state index in [4.69, 9.17) is 10.2 Å². The average molecular weight is 260 g/mol. The van der Waals surface area contributed by atoms with Crippen LogP contribution in [0.4, 0.5) is 11.6 Å². The van der Waals surface area contributed by atoms with Crippen molar-refractivity contribution in [3.05, 3.63) is 47.7 Å². The summed E-state index contributed by atoms with van der Waals surface area (Å²) in [6.07, 6.45) is 0. The van der Waals surface area contributed by atoms with E-state index in [0.717, 1.165) is 0 Å². The van der Waals surface area contributed by atoms with E-state index in [1.165, 1.54) is 19.2 Å². The first kappa shape index (κ1) is 12.7. The molecule has 1 amide bonds. The zero-order chi connectivity index (χ0) is 13.8. The van der Waals surface area contributed by atoms with Gasteiger partial charge in [-0.05, 0) is 18.2 Å². The van der Waals surface area contributed by atoms with Gasteiger partial charge in [-0.15, -0.1) is 0 Å². The number of esters is 1. The molecule has 0 radical (unpaired) electrons. The van der Waals surface area contributed by atoms with Crippen molar-refractivity contribution in [2.75, 3.05) is 18.2 Å². The van der Waals surface area contributed by atoms with E-state index < -0.39 is 11.9 Å². The third-order valence-electron chi connectivity index (χ3n) is 2.43. The van der Waals surface area contributed by atoms with E-state index >= 15 is 0 Å². The maximum Gasteiger partial charge on any atom is 0.339 e. The number of furan rings is 1. The minimum atomic E-state index is -0.533. The molecule has 0 unspecified atom stereocenters. The number of rotatable bonds is 3. The second kappa shape index (κ2) is 5.26. The Kier molecular flexibility index (Phi) is 3.51. The molecule has 1 heterocycles. The van der Waals surface area contributed by atoms with Crippen molar-refractivity contribution in [2.24, 2.45) is 0 Å². The fraction of sp³-hybridized carbons (Fsp3) is 0.0769. The Morgan fingerprint density at radius 2 is 1.95 bits per heavy atom. The summed E-state index contributed by atoms with van der Waals surface area (Å²) in [6.45, 7) is 0. The van der Waals surface area contributed by atoms with Gasteiger partial charge in [0.25, 0.3) is 5.91 Å². The zero-order valence-electron chi connectivity index (χ0n) is 10.2. The number of ether oxygens (including phenoxy) is 1.